The van der Waals surface area contributed by atoms with Gasteiger partial charge in [0.2, 0.25) is 5.88 Å². The summed E-state index contributed by atoms with van der Waals surface area (Å²) in [6.07, 6.45) is 2.79. The first kappa shape index (κ1) is 14.0. The van der Waals surface area contributed by atoms with Crippen LogP contribution in [-0.2, 0) is 9.84 Å². The summed E-state index contributed by atoms with van der Waals surface area (Å²) in [5, 5.41) is 0. The Kier molecular flexibility index (Phi) is 3.91. The van der Waals surface area contributed by atoms with Crippen LogP contribution in [-0.4, -0.2) is 19.7 Å². The number of aryl methyl sites for hydroxylation is 1. The van der Waals surface area contributed by atoms with Crippen molar-refractivity contribution in [3.05, 3.63) is 46.6 Å². The molecule has 1 heterocycles. The molecule has 0 atom stereocenters. The highest BCUT2D eigenvalue weighted by molar-refractivity contribution is 9.10. The molecule has 0 bridgehead atoms. The van der Waals surface area contributed by atoms with E-state index in [1.807, 2.05) is 13.0 Å². The summed E-state index contributed by atoms with van der Waals surface area (Å²) in [7, 11) is -3.24. The van der Waals surface area contributed by atoms with Crippen LogP contribution < -0.4 is 4.74 Å². The number of halogens is 1. The van der Waals surface area contributed by atoms with Gasteiger partial charge in [-0.15, -0.1) is 0 Å². The third kappa shape index (κ3) is 3.54. The second-order valence-corrected chi connectivity index (χ2v) is 7.06. The van der Waals surface area contributed by atoms with Crippen molar-refractivity contribution in [2.75, 3.05) is 6.26 Å². The zero-order valence-corrected chi connectivity index (χ0v) is 12.8. The van der Waals surface area contributed by atoms with Crippen molar-refractivity contribution in [3.8, 4) is 11.6 Å². The summed E-state index contributed by atoms with van der Waals surface area (Å²) in [6.45, 7) is 1.87. The van der Waals surface area contributed by atoms with Gasteiger partial charge >= 0.3 is 0 Å². The Bertz CT molecular complexity index is 714. The minimum absolute atomic E-state index is 0.222. The maximum Gasteiger partial charge on any atom is 0.222 e. The second-order valence-electron chi connectivity index (χ2n) is 4.12. The molecule has 0 aliphatic heterocycles. The first-order valence-corrected chi connectivity index (χ1v) is 8.15. The smallest absolute Gasteiger partial charge is 0.222 e. The first-order valence-electron chi connectivity index (χ1n) is 5.46. The molecule has 0 saturated heterocycles. The Morgan fingerprint density at radius 3 is 2.63 bits per heavy atom. The van der Waals surface area contributed by atoms with E-state index in [1.54, 1.807) is 18.3 Å². The topological polar surface area (TPSA) is 56.3 Å². The molecule has 2 rings (SSSR count). The van der Waals surface area contributed by atoms with E-state index in [4.69, 9.17) is 4.74 Å². The summed E-state index contributed by atoms with van der Waals surface area (Å²) in [5.74, 6) is 0.898. The van der Waals surface area contributed by atoms with Gasteiger partial charge in [0.15, 0.2) is 9.84 Å². The molecule has 6 heteroatoms. The van der Waals surface area contributed by atoms with Gasteiger partial charge in [0, 0.05) is 22.5 Å². The van der Waals surface area contributed by atoms with Gasteiger partial charge in [-0.3, -0.25) is 0 Å². The molecule has 0 spiro atoms. The lowest BCUT2D eigenvalue weighted by molar-refractivity contribution is 0.457. The average Bonchev–Trinajstić information content (AvgIpc) is 2.32. The number of rotatable bonds is 3. The number of ether oxygens (including phenoxy) is 1. The van der Waals surface area contributed by atoms with Crippen molar-refractivity contribution in [3.63, 3.8) is 0 Å². The molecule has 19 heavy (non-hydrogen) atoms. The predicted octanol–water partition coefficient (Wildman–Crippen LogP) is 3.35. The van der Waals surface area contributed by atoms with Gasteiger partial charge in [-0.1, -0.05) is 6.07 Å². The number of benzene rings is 1. The lowest BCUT2D eigenvalue weighted by Crippen LogP contribution is -1.97. The van der Waals surface area contributed by atoms with E-state index >= 15 is 0 Å². The highest BCUT2D eigenvalue weighted by atomic mass is 79.9. The van der Waals surface area contributed by atoms with E-state index in [-0.39, 0.29) is 4.90 Å². The number of hydrogen-bond donors (Lipinski definition) is 0. The second kappa shape index (κ2) is 5.30. The Balaban J connectivity index is 2.34. The molecule has 2 aromatic rings. The normalized spacial score (nSPS) is 11.3. The van der Waals surface area contributed by atoms with Crippen LogP contribution in [0.25, 0.3) is 0 Å². The lowest BCUT2D eigenvalue weighted by Gasteiger charge is -2.08. The number of pyridine rings is 1. The Morgan fingerprint density at radius 1 is 1.26 bits per heavy atom. The first-order chi connectivity index (χ1) is 8.86. The van der Waals surface area contributed by atoms with Crippen molar-refractivity contribution in [1.29, 1.82) is 0 Å². The maximum atomic E-state index is 11.5. The molecule has 0 N–H and O–H groups in total. The van der Waals surface area contributed by atoms with Gasteiger partial charge in [0.25, 0.3) is 0 Å². The van der Waals surface area contributed by atoms with Gasteiger partial charge in [-0.2, -0.15) is 0 Å². The van der Waals surface area contributed by atoms with Gasteiger partial charge in [0.1, 0.15) is 5.75 Å². The number of hydrogen-bond acceptors (Lipinski definition) is 4. The summed E-state index contributed by atoms with van der Waals surface area (Å²) in [5.41, 5.74) is 0.860. The summed E-state index contributed by atoms with van der Waals surface area (Å²) < 4.78 is 29.4. The van der Waals surface area contributed by atoms with Crippen molar-refractivity contribution >= 4 is 25.8 Å². The van der Waals surface area contributed by atoms with E-state index in [2.05, 4.69) is 20.9 Å². The summed E-state index contributed by atoms with van der Waals surface area (Å²) in [4.78, 5) is 4.37. The summed E-state index contributed by atoms with van der Waals surface area (Å²) in [6, 6.07) is 8.23. The van der Waals surface area contributed by atoms with E-state index in [9.17, 15) is 8.42 Å². The molecule has 0 aliphatic carbocycles. The van der Waals surface area contributed by atoms with Gasteiger partial charge < -0.3 is 4.74 Å². The van der Waals surface area contributed by atoms with Crippen LogP contribution in [0.3, 0.4) is 0 Å². The molecule has 0 saturated carbocycles. The molecule has 0 unspecified atom stereocenters. The van der Waals surface area contributed by atoms with Crippen molar-refractivity contribution in [2.45, 2.75) is 11.8 Å². The van der Waals surface area contributed by atoms with Crippen LogP contribution in [0.1, 0.15) is 5.56 Å². The number of sulfone groups is 1. The SMILES string of the molecule is Cc1cc(Br)cnc1Oc1cccc(S(C)(=O)=O)c1. The Hall–Kier alpha value is -1.40. The minimum atomic E-state index is -3.24. The maximum absolute atomic E-state index is 11.5. The van der Waals surface area contributed by atoms with Crippen molar-refractivity contribution in [2.24, 2.45) is 0 Å². The Morgan fingerprint density at radius 2 is 2.00 bits per heavy atom. The molecular weight excluding hydrogens is 330 g/mol. The fourth-order valence-electron chi connectivity index (χ4n) is 1.51. The molecule has 0 amide bonds. The molecule has 0 aliphatic rings. The van der Waals surface area contributed by atoms with Crippen molar-refractivity contribution in [1.82, 2.24) is 4.98 Å². The fourth-order valence-corrected chi connectivity index (χ4v) is 2.62. The van der Waals surface area contributed by atoms with E-state index < -0.39 is 9.84 Å². The van der Waals surface area contributed by atoms with E-state index in [0.29, 0.717) is 11.6 Å². The van der Waals surface area contributed by atoms with Crippen LogP contribution in [0.15, 0.2) is 45.9 Å². The highest BCUT2D eigenvalue weighted by Gasteiger charge is 2.09. The van der Waals surface area contributed by atoms with Crippen LogP contribution in [0.2, 0.25) is 0 Å². The molecule has 1 aromatic heterocycles. The van der Waals surface area contributed by atoms with Crippen LogP contribution >= 0.6 is 15.9 Å². The van der Waals surface area contributed by atoms with E-state index in [0.717, 1.165) is 16.3 Å². The third-order valence-corrected chi connectivity index (χ3v) is 3.99. The number of nitrogens with zero attached hydrogens (tertiary/aromatic N) is 1. The van der Waals surface area contributed by atoms with Gasteiger partial charge in [-0.25, -0.2) is 13.4 Å². The number of aromatic nitrogens is 1. The average molecular weight is 342 g/mol. The quantitative estimate of drug-likeness (QED) is 0.858. The molecule has 100 valence electrons. The largest absolute Gasteiger partial charge is 0.439 e. The van der Waals surface area contributed by atoms with Gasteiger partial charge in [-0.05, 0) is 47.1 Å². The van der Waals surface area contributed by atoms with Crippen LogP contribution in [0, 0.1) is 6.92 Å². The monoisotopic (exact) mass is 341 g/mol. The molecular formula is C13H12BrNO3S. The molecule has 0 radical (unpaired) electrons. The van der Waals surface area contributed by atoms with Crippen LogP contribution in [0.5, 0.6) is 11.6 Å². The Labute approximate surface area is 120 Å². The van der Waals surface area contributed by atoms with Gasteiger partial charge in [0.05, 0.1) is 4.90 Å². The zero-order chi connectivity index (χ0) is 14.0. The molecule has 0 fully saturated rings. The highest BCUT2D eigenvalue weighted by Crippen LogP contribution is 2.26. The van der Waals surface area contributed by atoms with Crippen molar-refractivity contribution < 1.29 is 13.2 Å². The minimum Gasteiger partial charge on any atom is -0.439 e. The lowest BCUT2D eigenvalue weighted by atomic mass is 10.3. The predicted molar refractivity (Wildman–Crippen MR) is 76.3 cm³/mol. The van der Waals surface area contributed by atoms with Crippen LogP contribution in [0.4, 0.5) is 0 Å². The fraction of sp³-hybridized carbons (Fsp3) is 0.154. The zero-order valence-electron chi connectivity index (χ0n) is 10.4. The third-order valence-electron chi connectivity index (χ3n) is 2.45. The standard InChI is InChI=1S/C13H12BrNO3S/c1-9-6-10(14)8-15-13(9)18-11-4-3-5-12(7-11)19(2,16)17/h3-8H,1-2H3. The summed E-state index contributed by atoms with van der Waals surface area (Å²) >= 11 is 3.32. The van der Waals surface area contributed by atoms with E-state index in [1.165, 1.54) is 12.1 Å². The molecule has 1 aromatic carbocycles. The molecule has 4 nitrogen and oxygen atoms in total.